The third-order valence-corrected chi connectivity index (χ3v) is 4.42. The monoisotopic (exact) mass is 260 g/mol. The number of benzene rings is 1. The highest BCUT2D eigenvalue weighted by Gasteiger charge is 2.20. The topological polar surface area (TPSA) is 15.3 Å². The molecule has 2 heteroatoms. The smallest absolute Gasteiger partial charge is 0.0466 e. The van der Waals surface area contributed by atoms with E-state index in [2.05, 4.69) is 61.6 Å². The number of rotatable bonds is 5. The molecule has 0 saturated heterocycles. The minimum absolute atomic E-state index is 0.473. The van der Waals surface area contributed by atoms with E-state index in [9.17, 15) is 0 Å². The summed E-state index contributed by atoms with van der Waals surface area (Å²) in [6.07, 6.45) is 5.46. The van der Waals surface area contributed by atoms with Crippen molar-refractivity contribution in [2.24, 2.45) is 5.92 Å². The predicted octanol–water partition coefficient (Wildman–Crippen LogP) is 3.46. The summed E-state index contributed by atoms with van der Waals surface area (Å²) in [6, 6.07) is 12.0. The first-order valence-corrected chi connectivity index (χ1v) is 7.61. The van der Waals surface area contributed by atoms with E-state index in [4.69, 9.17) is 0 Å². The Bertz CT molecular complexity index is 353. The lowest BCUT2D eigenvalue weighted by atomic mass is 9.87. The van der Waals surface area contributed by atoms with Crippen molar-refractivity contribution in [2.75, 3.05) is 20.6 Å². The number of nitrogens with one attached hydrogen (secondary N) is 1. The molecule has 1 fully saturated rings. The van der Waals surface area contributed by atoms with Crippen molar-refractivity contribution in [1.29, 1.82) is 0 Å². The van der Waals surface area contributed by atoms with Crippen molar-refractivity contribution in [3.8, 4) is 0 Å². The third-order valence-electron chi connectivity index (χ3n) is 4.42. The van der Waals surface area contributed by atoms with Gasteiger partial charge in [0.1, 0.15) is 0 Å². The first-order chi connectivity index (χ1) is 9.16. The van der Waals surface area contributed by atoms with Crippen LogP contribution in [0, 0.1) is 5.92 Å². The van der Waals surface area contributed by atoms with E-state index < -0.39 is 0 Å². The lowest BCUT2D eigenvalue weighted by Crippen LogP contribution is -2.38. The highest BCUT2D eigenvalue weighted by Crippen LogP contribution is 2.24. The molecule has 19 heavy (non-hydrogen) atoms. The molecule has 1 saturated carbocycles. The summed E-state index contributed by atoms with van der Waals surface area (Å²) in [7, 11) is 4.34. The number of hydrogen-bond donors (Lipinski definition) is 1. The Morgan fingerprint density at radius 3 is 2.32 bits per heavy atom. The quantitative estimate of drug-likeness (QED) is 0.872. The maximum Gasteiger partial charge on any atom is 0.0466 e. The van der Waals surface area contributed by atoms with E-state index in [1.807, 2.05) is 0 Å². The molecule has 0 spiro atoms. The lowest BCUT2D eigenvalue weighted by Gasteiger charge is -2.31. The van der Waals surface area contributed by atoms with E-state index in [0.717, 1.165) is 18.5 Å². The number of nitrogens with zero attached hydrogens (tertiary/aromatic N) is 1. The van der Waals surface area contributed by atoms with Gasteiger partial charge in [-0.05, 0) is 51.3 Å². The second-order valence-electron chi connectivity index (χ2n) is 6.26. The van der Waals surface area contributed by atoms with Gasteiger partial charge < -0.3 is 10.2 Å². The maximum atomic E-state index is 3.78. The van der Waals surface area contributed by atoms with Gasteiger partial charge in [0, 0.05) is 18.6 Å². The molecule has 0 aliphatic heterocycles. The molecule has 2 rings (SSSR count). The van der Waals surface area contributed by atoms with Gasteiger partial charge in [0.25, 0.3) is 0 Å². The Morgan fingerprint density at radius 2 is 1.74 bits per heavy atom. The van der Waals surface area contributed by atoms with Crippen molar-refractivity contribution in [3.05, 3.63) is 35.9 Å². The van der Waals surface area contributed by atoms with E-state index >= 15 is 0 Å². The summed E-state index contributed by atoms with van der Waals surface area (Å²) in [5, 5.41) is 3.78. The molecule has 0 heterocycles. The zero-order valence-electron chi connectivity index (χ0n) is 12.6. The molecular weight excluding hydrogens is 232 g/mol. The molecule has 106 valence electrons. The summed E-state index contributed by atoms with van der Waals surface area (Å²) >= 11 is 0. The van der Waals surface area contributed by atoms with Gasteiger partial charge in [-0.15, -0.1) is 0 Å². The zero-order chi connectivity index (χ0) is 13.7. The van der Waals surface area contributed by atoms with Crippen LogP contribution in [0.5, 0.6) is 0 Å². The van der Waals surface area contributed by atoms with Gasteiger partial charge in [-0.2, -0.15) is 0 Å². The fourth-order valence-corrected chi connectivity index (χ4v) is 3.02. The molecule has 2 nitrogen and oxygen atoms in total. The van der Waals surface area contributed by atoms with Crippen LogP contribution in [0.15, 0.2) is 30.3 Å². The molecule has 0 amide bonds. The fourth-order valence-electron chi connectivity index (χ4n) is 3.02. The Balaban J connectivity index is 1.88. The van der Waals surface area contributed by atoms with E-state index in [1.165, 1.54) is 31.2 Å². The highest BCUT2D eigenvalue weighted by atomic mass is 15.1. The Labute approximate surface area is 118 Å². The van der Waals surface area contributed by atoms with E-state index in [0.29, 0.717) is 6.04 Å². The zero-order valence-corrected chi connectivity index (χ0v) is 12.6. The fraction of sp³-hybridized carbons (Fsp3) is 0.647. The van der Waals surface area contributed by atoms with Gasteiger partial charge in [-0.3, -0.25) is 0 Å². The molecule has 0 radical (unpaired) electrons. The lowest BCUT2D eigenvalue weighted by molar-refractivity contribution is 0.251. The largest absolute Gasteiger partial charge is 0.312 e. The van der Waals surface area contributed by atoms with Crippen molar-refractivity contribution in [3.63, 3.8) is 0 Å². The van der Waals surface area contributed by atoms with E-state index in [-0.39, 0.29) is 0 Å². The van der Waals surface area contributed by atoms with Crippen molar-refractivity contribution >= 4 is 0 Å². The maximum absolute atomic E-state index is 3.78. The van der Waals surface area contributed by atoms with Crippen LogP contribution in [-0.2, 0) is 0 Å². The van der Waals surface area contributed by atoms with Crippen LogP contribution in [0.3, 0.4) is 0 Å². The highest BCUT2D eigenvalue weighted by molar-refractivity contribution is 5.19. The average Bonchev–Trinajstić information content (AvgIpc) is 2.42. The molecule has 0 aromatic heterocycles. The van der Waals surface area contributed by atoms with Gasteiger partial charge >= 0.3 is 0 Å². The minimum Gasteiger partial charge on any atom is -0.312 e. The molecule has 1 atom stereocenters. The minimum atomic E-state index is 0.473. The average molecular weight is 260 g/mol. The van der Waals surface area contributed by atoms with Crippen LogP contribution in [0.2, 0.25) is 0 Å². The van der Waals surface area contributed by atoms with Gasteiger partial charge in [0.05, 0.1) is 0 Å². The van der Waals surface area contributed by atoms with Crippen molar-refractivity contribution in [1.82, 2.24) is 10.2 Å². The van der Waals surface area contributed by atoms with Crippen LogP contribution in [0.1, 0.15) is 44.2 Å². The second-order valence-corrected chi connectivity index (χ2v) is 6.26. The molecule has 1 N–H and O–H groups in total. The third kappa shape index (κ3) is 4.32. The summed E-state index contributed by atoms with van der Waals surface area (Å²) in [5.74, 6) is 0.928. The molecule has 1 aliphatic carbocycles. The Hall–Kier alpha value is -0.860. The van der Waals surface area contributed by atoms with E-state index in [1.54, 1.807) is 0 Å². The van der Waals surface area contributed by atoms with Crippen molar-refractivity contribution in [2.45, 2.75) is 44.7 Å². The van der Waals surface area contributed by atoms with Gasteiger partial charge in [0.2, 0.25) is 0 Å². The van der Waals surface area contributed by atoms with Crippen LogP contribution in [0.25, 0.3) is 0 Å². The molecule has 1 unspecified atom stereocenters. The SMILES string of the molecule is CC1CCC(NCC(c2ccccc2)N(C)C)CC1. The number of hydrogen-bond acceptors (Lipinski definition) is 2. The van der Waals surface area contributed by atoms with Crippen LogP contribution >= 0.6 is 0 Å². The van der Waals surface area contributed by atoms with Gasteiger partial charge in [-0.1, -0.05) is 37.3 Å². The summed E-state index contributed by atoms with van der Waals surface area (Å²) in [6.45, 7) is 3.43. The first kappa shape index (κ1) is 14.5. The molecule has 0 bridgehead atoms. The Kier molecular flexibility index (Phi) is 5.41. The standard InChI is InChI=1S/C17H28N2/c1-14-9-11-16(12-10-14)18-13-17(19(2)3)15-7-5-4-6-8-15/h4-8,14,16-18H,9-13H2,1-3H3. The summed E-state index contributed by atoms with van der Waals surface area (Å²) in [4.78, 5) is 2.31. The molecule has 1 aromatic carbocycles. The Morgan fingerprint density at radius 1 is 1.11 bits per heavy atom. The normalized spacial score (nSPS) is 25.5. The summed E-state index contributed by atoms with van der Waals surface area (Å²) in [5.41, 5.74) is 1.41. The molecular formula is C17H28N2. The molecule has 1 aromatic rings. The van der Waals surface area contributed by atoms with Crippen LogP contribution < -0.4 is 5.32 Å². The first-order valence-electron chi connectivity index (χ1n) is 7.61. The van der Waals surface area contributed by atoms with Crippen LogP contribution in [0.4, 0.5) is 0 Å². The van der Waals surface area contributed by atoms with Gasteiger partial charge in [-0.25, -0.2) is 0 Å². The predicted molar refractivity (Wildman–Crippen MR) is 82.3 cm³/mol. The second kappa shape index (κ2) is 7.06. The molecule has 1 aliphatic rings. The van der Waals surface area contributed by atoms with Gasteiger partial charge in [0.15, 0.2) is 0 Å². The van der Waals surface area contributed by atoms with Crippen molar-refractivity contribution < 1.29 is 0 Å². The number of likely N-dealkylation sites (N-methyl/N-ethyl adjacent to an activating group) is 1. The summed E-state index contributed by atoms with van der Waals surface area (Å²) < 4.78 is 0. The van der Waals surface area contributed by atoms with Crippen LogP contribution in [-0.4, -0.2) is 31.6 Å².